The average molecular weight is 427 g/mol. The first-order valence-electron chi connectivity index (χ1n) is 8.90. The second-order valence-electron chi connectivity index (χ2n) is 6.51. The number of fused-ring (bicyclic) bond motifs is 1. The molecule has 0 atom stereocenters. The Labute approximate surface area is 167 Å². The van der Waals surface area contributed by atoms with E-state index < -0.39 is 34.4 Å². The molecule has 1 fully saturated rings. The van der Waals surface area contributed by atoms with E-state index in [-0.39, 0.29) is 23.6 Å². The van der Waals surface area contributed by atoms with Gasteiger partial charge in [0.05, 0.1) is 30.1 Å². The van der Waals surface area contributed by atoms with Crippen LogP contribution in [0, 0.1) is 0 Å². The van der Waals surface area contributed by atoms with Crippen molar-refractivity contribution in [1.82, 2.24) is 9.80 Å². The summed E-state index contributed by atoms with van der Waals surface area (Å²) in [4.78, 5) is 37.8. The van der Waals surface area contributed by atoms with E-state index in [1.807, 2.05) is 4.90 Å². The van der Waals surface area contributed by atoms with Crippen molar-refractivity contribution in [3.8, 4) is 0 Å². The van der Waals surface area contributed by atoms with Crippen LogP contribution >= 0.6 is 0 Å². The number of nitrogens with one attached hydrogen (secondary N) is 1. The summed E-state index contributed by atoms with van der Waals surface area (Å²) in [5, 5.41) is 11.5. The van der Waals surface area contributed by atoms with E-state index >= 15 is 0 Å². The summed E-state index contributed by atoms with van der Waals surface area (Å²) in [6, 6.07) is 4.23. The van der Waals surface area contributed by atoms with Crippen LogP contribution in [-0.2, 0) is 23.8 Å². The number of carboxylic acids is 1. The molecular formula is C17H21N3O8S. The van der Waals surface area contributed by atoms with Gasteiger partial charge >= 0.3 is 5.97 Å². The number of carbonyl (C=O) groups is 3. The second-order valence-corrected chi connectivity index (χ2v) is 8.26. The van der Waals surface area contributed by atoms with Gasteiger partial charge in [0, 0.05) is 25.3 Å². The number of benzene rings is 1. The third-order valence-electron chi connectivity index (χ3n) is 4.54. The molecule has 2 amide bonds. The van der Waals surface area contributed by atoms with Crippen LogP contribution in [0.4, 0.5) is 5.69 Å². The molecule has 158 valence electrons. The van der Waals surface area contributed by atoms with Crippen LogP contribution < -0.4 is 5.32 Å². The van der Waals surface area contributed by atoms with Gasteiger partial charge in [0.1, 0.15) is 13.3 Å². The standard InChI is InChI=1S/C17H21N3O8S/c21-15(22)10-20-16(23)13-2-1-12(9-14(13)17(20)24)18-11-28-29(25,26)8-5-19-3-6-27-7-4-19/h1-2,9,18H,3-8,10-11H2,(H,21,22). The molecule has 0 aromatic heterocycles. The van der Waals surface area contributed by atoms with Crippen LogP contribution in [0.1, 0.15) is 20.7 Å². The summed E-state index contributed by atoms with van der Waals surface area (Å²) in [6.45, 7) is 1.78. The van der Waals surface area contributed by atoms with Crippen LogP contribution in [-0.4, -0.2) is 93.0 Å². The minimum atomic E-state index is -3.74. The van der Waals surface area contributed by atoms with Crippen molar-refractivity contribution in [3.05, 3.63) is 29.3 Å². The van der Waals surface area contributed by atoms with E-state index in [1.54, 1.807) is 0 Å². The van der Waals surface area contributed by atoms with Gasteiger partial charge in [0.2, 0.25) is 0 Å². The maximum Gasteiger partial charge on any atom is 0.323 e. The summed E-state index contributed by atoms with van der Waals surface area (Å²) >= 11 is 0. The molecule has 29 heavy (non-hydrogen) atoms. The highest BCUT2D eigenvalue weighted by atomic mass is 32.2. The van der Waals surface area contributed by atoms with Crippen LogP contribution in [0.2, 0.25) is 0 Å². The number of aliphatic carboxylic acids is 1. The Hall–Kier alpha value is -2.54. The van der Waals surface area contributed by atoms with Crippen LogP contribution in [0.3, 0.4) is 0 Å². The van der Waals surface area contributed by atoms with Crippen molar-refractivity contribution in [1.29, 1.82) is 0 Å². The zero-order chi connectivity index (χ0) is 21.0. The molecule has 2 aliphatic heterocycles. The number of anilines is 1. The molecule has 12 heteroatoms. The highest BCUT2D eigenvalue weighted by molar-refractivity contribution is 7.86. The summed E-state index contributed by atoms with van der Waals surface area (Å²) in [6.07, 6.45) is 0. The molecule has 2 heterocycles. The summed E-state index contributed by atoms with van der Waals surface area (Å²) in [7, 11) is -3.74. The van der Waals surface area contributed by atoms with Gasteiger partial charge in [-0.05, 0) is 18.2 Å². The first-order chi connectivity index (χ1) is 13.8. The summed E-state index contributed by atoms with van der Waals surface area (Å²) in [5.74, 6) is -2.85. The zero-order valence-corrected chi connectivity index (χ0v) is 16.3. The zero-order valence-electron chi connectivity index (χ0n) is 15.5. The highest BCUT2D eigenvalue weighted by Crippen LogP contribution is 2.25. The Morgan fingerprint density at radius 3 is 2.55 bits per heavy atom. The monoisotopic (exact) mass is 427 g/mol. The molecule has 11 nitrogen and oxygen atoms in total. The van der Waals surface area contributed by atoms with Crippen LogP contribution in [0.25, 0.3) is 0 Å². The number of amides is 2. The number of morpholine rings is 1. The predicted molar refractivity (Wildman–Crippen MR) is 100 cm³/mol. The number of carbonyl (C=O) groups excluding carboxylic acids is 2. The Balaban J connectivity index is 1.53. The normalized spacial score (nSPS) is 17.4. The topological polar surface area (TPSA) is 143 Å². The minimum Gasteiger partial charge on any atom is -0.480 e. The number of hydrogen-bond donors (Lipinski definition) is 2. The van der Waals surface area contributed by atoms with E-state index in [0.29, 0.717) is 43.4 Å². The maximum atomic E-state index is 12.2. The lowest BCUT2D eigenvalue weighted by molar-refractivity contribution is -0.137. The third kappa shape index (κ3) is 5.29. The van der Waals surface area contributed by atoms with E-state index in [1.165, 1.54) is 18.2 Å². The lowest BCUT2D eigenvalue weighted by atomic mass is 10.1. The molecule has 1 aromatic rings. The average Bonchev–Trinajstić information content (AvgIpc) is 2.91. The van der Waals surface area contributed by atoms with Gasteiger partial charge in [-0.1, -0.05) is 0 Å². The molecule has 2 N–H and O–H groups in total. The second kappa shape index (κ2) is 8.86. The summed E-state index contributed by atoms with van der Waals surface area (Å²) in [5.41, 5.74) is 0.516. The molecule has 3 rings (SSSR count). The third-order valence-corrected chi connectivity index (χ3v) is 5.70. The maximum absolute atomic E-state index is 12.2. The van der Waals surface area contributed by atoms with Gasteiger partial charge in [-0.25, -0.2) is 4.18 Å². The SMILES string of the molecule is O=C(O)CN1C(=O)c2ccc(NCOS(=O)(=O)CCN3CCOCC3)cc2C1=O. The van der Waals surface area contributed by atoms with Crippen molar-refractivity contribution < 1.29 is 36.8 Å². The van der Waals surface area contributed by atoms with Crippen molar-refractivity contribution >= 4 is 33.6 Å². The number of imide groups is 1. The van der Waals surface area contributed by atoms with Crippen LogP contribution in [0.5, 0.6) is 0 Å². The van der Waals surface area contributed by atoms with Gasteiger partial charge in [-0.3, -0.25) is 24.2 Å². The lowest BCUT2D eigenvalue weighted by Crippen LogP contribution is -2.39. The molecule has 0 unspecified atom stereocenters. The molecule has 0 aliphatic carbocycles. The fourth-order valence-corrected chi connectivity index (χ4v) is 3.84. The highest BCUT2D eigenvalue weighted by Gasteiger charge is 2.36. The van der Waals surface area contributed by atoms with Crippen molar-refractivity contribution in [2.45, 2.75) is 0 Å². The number of ether oxygens (including phenoxy) is 1. The van der Waals surface area contributed by atoms with Gasteiger partial charge in [0.15, 0.2) is 0 Å². The predicted octanol–water partition coefficient (Wildman–Crippen LogP) is -0.585. The molecule has 0 spiro atoms. The Bertz CT molecular complexity index is 911. The molecule has 0 radical (unpaired) electrons. The first kappa shape index (κ1) is 21.2. The van der Waals surface area contributed by atoms with Gasteiger partial charge < -0.3 is 15.2 Å². The fourth-order valence-electron chi connectivity index (χ4n) is 3.01. The lowest BCUT2D eigenvalue weighted by Gasteiger charge is -2.26. The Kier molecular flexibility index (Phi) is 6.47. The smallest absolute Gasteiger partial charge is 0.323 e. The molecule has 1 saturated heterocycles. The largest absolute Gasteiger partial charge is 0.480 e. The van der Waals surface area contributed by atoms with E-state index in [9.17, 15) is 22.8 Å². The number of hydrogen-bond acceptors (Lipinski definition) is 9. The van der Waals surface area contributed by atoms with E-state index in [4.69, 9.17) is 14.0 Å². The Morgan fingerprint density at radius 1 is 1.17 bits per heavy atom. The molecular weight excluding hydrogens is 406 g/mol. The van der Waals surface area contributed by atoms with E-state index in [0.717, 1.165) is 0 Å². The van der Waals surface area contributed by atoms with Crippen molar-refractivity contribution in [3.63, 3.8) is 0 Å². The van der Waals surface area contributed by atoms with Gasteiger partial charge in [-0.15, -0.1) is 0 Å². The molecule has 0 bridgehead atoms. The fraction of sp³-hybridized carbons (Fsp3) is 0.471. The number of rotatable bonds is 9. The van der Waals surface area contributed by atoms with E-state index in [2.05, 4.69) is 5.32 Å². The number of carboxylic acid groups (broad SMARTS) is 1. The van der Waals surface area contributed by atoms with Gasteiger partial charge in [0.25, 0.3) is 21.9 Å². The molecule has 2 aliphatic rings. The minimum absolute atomic E-state index is 0.0522. The first-order valence-corrected chi connectivity index (χ1v) is 10.5. The van der Waals surface area contributed by atoms with Gasteiger partial charge in [-0.2, -0.15) is 8.42 Å². The quantitative estimate of drug-likeness (QED) is 0.298. The Morgan fingerprint density at radius 2 is 1.86 bits per heavy atom. The summed E-state index contributed by atoms with van der Waals surface area (Å²) < 4.78 is 34.2. The van der Waals surface area contributed by atoms with Crippen molar-refractivity contribution in [2.75, 3.05) is 57.2 Å². The molecule has 0 saturated carbocycles. The molecule has 1 aromatic carbocycles. The van der Waals surface area contributed by atoms with Crippen molar-refractivity contribution in [2.24, 2.45) is 0 Å². The van der Waals surface area contributed by atoms with Crippen LogP contribution in [0.15, 0.2) is 18.2 Å². The number of nitrogens with zero attached hydrogens (tertiary/aromatic N) is 2.